The molecule has 31 heavy (non-hydrogen) atoms. The number of hydrogen-bond donors (Lipinski definition) is 1. The summed E-state index contributed by atoms with van der Waals surface area (Å²) in [5.41, 5.74) is 2.60. The number of thiazole rings is 1. The quantitative estimate of drug-likeness (QED) is 0.494. The summed E-state index contributed by atoms with van der Waals surface area (Å²) in [7, 11) is 3.25. The highest BCUT2D eigenvalue weighted by Crippen LogP contribution is 2.42. The zero-order valence-electron chi connectivity index (χ0n) is 16.9. The van der Waals surface area contributed by atoms with Gasteiger partial charge >= 0.3 is 0 Å². The molecular formula is C21H19N5O3S2. The summed E-state index contributed by atoms with van der Waals surface area (Å²) in [5, 5.41) is 11.1. The van der Waals surface area contributed by atoms with Crippen LogP contribution in [0.2, 0.25) is 0 Å². The minimum Gasteiger partial charge on any atom is -0.493 e. The number of rotatable bonds is 5. The van der Waals surface area contributed by atoms with E-state index in [1.807, 2.05) is 28.5 Å². The van der Waals surface area contributed by atoms with E-state index in [1.54, 1.807) is 30.9 Å². The molecule has 3 aromatic heterocycles. The molecule has 4 heterocycles. The lowest BCUT2D eigenvalue weighted by Gasteiger charge is -2.37. The number of hydrogen-bond acceptors (Lipinski definition) is 8. The van der Waals surface area contributed by atoms with Gasteiger partial charge in [0, 0.05) is 16.8 Å². The molecule has 0 radical (unpaired) electrons. The van der Waals surface area contributed by atoms with Crippen LogP contribution in [0.25, 0.3) is 10.8 Å². The van der Waals surface area contributed by atoms with Crippen LogP contribution in [-0.2, 0) is 6.42 Å². The number of ether oxygens (including phenoxy) is 2. The number of nitrogens with one attached hydrogen (secondary N) is 1. The number of fused-ring (bicyclic) bond motifs is 1. The monoisotopic (exact) mass is 453 g/mol. The average molecular weight is 454 g/mol. The molecule has 1 aliphatic heterocycles. The fourth-order valence-electron chi connectivity index (χ4n) is 3.85. The Labute approximate surface area is 186 Å². The largest absolute Gasteiger partial charge is 0.493 e. The van der Waals surface area contributed by atoms with Crippen molar-refractivity contribution in [3.05, 3.63) is 63.1 Å². The second-order valence-electron chi connectivity index (χ2n) is 6.94. The Balaban J connectivity index is 1.55. The Morgan fingerprint density at radius 3 is 2.77 bits per heavy atom. The number of aromatic nitrogens is 4. The van der Waals surface area contributed by atoms with Crippen LogP contribution in [0.3, 0.4) is 0 Å². The fraction of sp³-hybridized carbons (Fsp3) is 0.238. The van der Waals surface area contributed by atoms with E-state index in [0.717, 1.165) is 22.4 Å². The number of amides is 1. The summed E-state index contributed by atoms with van der Waals surface area (Å²) in [4.78, 5) is 25.2. The molecule has 0 spiro atoms. The second kappa shape index (κ2) is 8.12. The minimum atomic E-state index is -0.216. The molecule has 0 aliphatic carbocycles. The molecule has 1 aromatic carbocycles. The zero-order valence-corrected chi connectivity index (χ0v) is 18.5. The average Bonchev–Trinajstić information content (AvgIpc) is 3.58. The van der Waals surface area contributed by atoms with Crippen molar-refractivity contribution in [1.29, 1.82) is 0 Å². The summed E-state index contributed by atoms with van der Waals surface area (Å²) < 4.78 is 11.0. The molecule has 0 unspecified atom stereocenters. The molecule has 1 amide bonds. The van der Waals surface area contributed by atoms with Gasteiger partial charge in [-0.1, -0.05) is 6.07 Å². The number of thiophene rings is 1. The molecular weight excluding hydrogens is 434 g/mol. The van der Waals surface area contributed by atoms with Gasteiger partial charge in [-0.2, -0.15) is 5.10 Å². The smallest absolute Gasteiger partial charge is 0.274 e. The number of H-pyrrole nitrogens is 1. The highest BCUT2D eigenvalue weighted by atomic mass is 32.1. The highest BCUT2D eigenvalue weighted by molar-refractivity contribution is 7.13. The zero-order chi connectivity index (χ0) is 21.4. The van der Waals surface area contributed by atoms with Crippen LogP contribution in [0.15, 0.2) is 41.4 Å². The van der Waals surface area contributed by atoms with E-state index in [0.29, 0.717) is 34.6 Å². The van der Waals surface area contributed by atoms with Crippen LogP contribution >= 0.6 is 22.7 Å². The fourth-order valence-corrected chi connectivity index (χ4v) is 5.45. The Bertz CT molecular complexity index is 1200. The molecule has 0 saturated heterocycles. The Hall–Kier alpha value is -3.24. The van der Waals surface area contributed by atoms with Crippen LogP contribution in [0, 0.1) is 0 Å². The van der Waals surface area contributed by atoms with E-state index < -0.39 is 0 Å². The van der Waals surface area contributed by atoms with E-state index in [4.69, 9.17) is 9.47 Å². The highest BCUT2D eigenvalue weighted by Gasteiger charge is 2.35. The third-order valence-electron chi connectivity index (χ3n) is 5.29. The number of carbonyl (C=O) groups is 1. The lowest BCUT2D eigenvalue weighted by molar-refractivity contribution is 0.0691. The molecule has 1 atom stereocenters. The van der Waals surface area contributed by atoms with Crippen molar-refractivity contribution in [2.45, 2.75) is 12.5 Å². The predicted octanol–water partition coefficient (Wildman–Crippen LogP) is 3.79. The molecule has 10 heteroatoms. The molecule has 4 aromatic rings. The molecule has 1 aliphatic rings. The van der Waals surface area contributed by atoms with Crippen LogP contribution < -0.4 is 9.47 Å². The number of methoxy groups -OCH3 is 2. The summed E-state index contributed by atoms with van der Waals surface area (Å²) in [6.07, 6.45) is 2.15. The second-order valence-corrected chi connectivity index (χ2v) is 8.78. The Morgan fingerprint density at radius 2 is 2.06 bits per heavy atom. The van der Waals surface area contributed by atoms with Gasteiger partial charge in [-0.25, -0.2) is 9.97 Å². The van der Waals surface area contributed by atoms with Gasteiger partial charge in [-0.05, 0) is 41.1 Å². The number of benzene rings is 1. The summed E-state index contributed by atoms with van der Waals surface area (Å²) in [5.74, 6) is 1.79. The maximum atomic E-state index is 13.5. The van der Waals surface area contributed by atoms with Crippen molar-refractivity contribution in [3.8, 4) is 22.3 Å². The molecule has 5 rings (SSSR count). The third-order valence-corrected chi connectivity index (χ3v) is 7.06. The van der Waals surface area contributed by atoms with E-state index in [-0.39, 0.29) is 11.9 Å². The van der Waals surface area contributed by atoms with E-state index >= 15 is 0 Å². The topological polar surface area (TPSA) is 93.2 Å². The van der Waals surface area contributed by atoms with Gasteiger partial charge in [0.1, 0.15) is 12.0 Å². The number of carbonyl (C=O) groups excluding carboxylic acids is 1. The van der Waals surface area contributed by atoms with Gasteiger partial charge < -0.3 is 14.4 Å². The van der Waals surface area contributed by atoms with Crippen LogP contribution in [0.1, 0.15) is 32.5 Å². The lowest BCUT2D eigenvalue weighted by atomic mass is 9.90. The lowest BCUT2D eigenvalue weighted by Crippen LogP contribution is -2.40. The maximum Gasteiger partial charge on any atom is 0.274 e. The summed E-state index contributed by atoms with van der Waals surface area (Å²) >= 11 is 3.00. The third kappa shape index (κ3) is 3.47. The Morgan fingerprint density at radius 1 is 1.23 bits per heavy atom. The van der Waals surface area contributed by atoms with Crippen LogP contribution in [-0.4, -0.2) is 51.7 Å². The number of aromatic amines is 1. The normalized spacial score (nSPS) is 15.5. The Kier molecular flexibility index (Phi) is 5.16. The molecule has 0 saturated carbocycles. The van der Waals surface area contributed by atoms with Crippen molar-refractivity contribution in [3.63, 3.8) is 0 Å². The van der Waals surface area contributed by atoms with Crippen molar-refractivity contribution < 1.29 is 14.3 Å². The first kappa shape index (κ1) is 19.7. The van der Waals surface area contributed by atoms with Crippen LogP contribution in [0.4, 0.5) is 0 Å². The molecule has 158 valence electrons. The maximum absolute atomic E-state index is 13.5. The van der Waals surface area contributed by atoms with Gasteiger partial charge in [0.15, 0.2) is 22.3 Å². The first-order valence-electron chi connectivity index (χ1n) is 9.60. The van der Waals surface area contributed by atoms with Gasteiger partial charge in [0.25, 0.3) is 5.91 Å². The first-order valence-corrected chi connectivity index (χ1v) is 11.4. The summed E-state index contributed by atoms with van der Waals surface area (Å²) in [6.45, 7) is 0.582. The van der Waals surface area contributed by atoms with Gasteiger partial charge in [0.2, 0.25) is 0 Å². The predicted molar refractivity (Wildman–Crippen MR) is 118 cm³/mol. The molecule has 0 fully saturated rings. The van der Waals surface area contributed by atoms with Crippen molar-refractivity contribution in [2.75, 3.05) is 20.8 Å². The standard InChI is InChI=1S/C21H19N5O3S2/c1-28-15-8-12-5-6-26(18(17-4-3-7-30-17)13(12)9-16(15)29-2)21(27)14-10-31-20(24-14)19-22-11-23-25-19/h3-4,7-11,18H,5-6H2,1-2H3,(H,22,23,25)/t18-/m1/s1. The van der Waals surface area contributed by atoms with Crippen molar-refractivity contribution in [1.82, 2.24) is 25.1 Å². The SMILES string of the molecule is COc1cc2c(cc1OC)[C@H](c1cccs1)N(C(=O)c1csc(-c3ncn[nH]3)n1)CC2. The van der Waals surface area contributed by atoms with Crippen LogP contribution in [0.5, 0.6) is 11.5 Å². The minimum absolute atomic E-state index is 0.110. The van der Waals surface area contributed by atoms with Gasteiger partial charge in [0.05, 0.1) is 20.3 Å². The van der Waals surface area contributed by atoms with E-state index in [1.165, 1.54) is 17.7 Å². The molecule has 1 N–H and O–H groups in total. The van der Waals surface area contributed by atoms with E-state index in [2.05, 4.69) is 26.2 Å². The number of nitrogens with zero attached hydrogens (tertiary/aromatic N) is 4. The van der Waals surface area contributed by atoms with E-state index in [9.17, 15) is 4.79 Å². The summed E-state index contributed by atoms with van der Waals surface area (Å²) in [6, 6.07) is 7.84. The van der Waals surface area contributed by atoms with Crippen molar-refractivity contribution >= 4 is 28.6 Å². The molecule has 8 nitrogen and oxygen atoms in total. The van der Waals surface area contributed by atoms with Gasteiger partial charge in [-0.3, -0.25) is 9.89 Å². The molecule has 0 bridgehead atoms. The van der Waals surface area contributed by atoms with Crippen molar-refractivity contribution in [2.24, 2.45) is 0 Å². The van der Waals surface area contributed by atoms with Gasteiger partial charge in [-0.15, -0.1) is 22.7 Å². The first-order chi connectivity index (χ1) is 15.2.